The number of carbonyl (C=O) groups excluding carboxylic acids is 2. The first-order valence-corrected chi connectivity index (χ1v) is 11.6. The van der Waals surface area contributed by atoms with Crippen LogP contribution in [0.4, 0.5) is 0 Å². The van der Waals surface area contributed by atoms with Gasteiger partial charge in [0.15, 0.2) is 5.78 Å². The van der Waals surface area contributed by atoms with Crippen LogP contribution < -0.4 is 10.1 Å². The number of allylic oxidation sites excluding steroid dienone is 3. The molecule has 7 nitrogen and oxygen atoms in total. The van der Waals surface area contributed by atoms with Gasteiger partial charge in [-0.3, -0.25) is 4.79 Å². The maximum absolute atomic E-state index is 13.5. The third-order valence-electron chi connectivity index (χ3n) is 6.57. The molecular formula is C28H27NO6. The van der Waals surface area contributed by atoms with Crippen LogP contribution in [0.3, 0.4) is 0 Å². The van der Waals surface area contributed by atoms with Gasteiger partial charge >= 0.3 is 5.97 Å². The highest BCUT2D eigenvalue weighted by atomic mass is 16.5. The minimum absolute atomic E-state index is 0.0350. The Labute approximate surface area is 203 Å². The van der Waals surface area contributed by atoms with Crippen LogP contribution in [0.2, 0.25) is 0 Å². The number of benzene rings is 1. The Bertz CT molecular complexity index is 1310. The van der Waals surface area contributed by atoms with Gasteiger partial charge in [-0.15, -0.1) is 0 Å². The summed E-state index contributed by atoms with van der Waals surface area (Å²) in [5, 5.41) is 3.33. The smallest absolute Gasteiger partial charge is 0.337 e. The predicted octanol–water partition coefficient (Wildman–Crippen LogP) is 5.29. The highest BCUT2D eigenvalue weighted by molar-refractivity contribution is 6.04. The van der Waals surface area contributed by atoms with E-state index < -0.39 is 11.9 Å². The molecule has 0 unspecified atom stereocenters. The minimum atomic E-state index is -0.631. The second-order valence-corrected chi connectivity index (χ2v) is 8.91. The zero-order valence-electron chi connectivity index (χ0n) is 19.9. The highest BCUT2D eigenvalue weighted by Crippen LogP contribution is 2.46. The molecule has 2 aromatic heterocycles. The fourth-order valence-corrected chi connectivity index (χ4v) is 4.88. The number of hydrogen-bond acceptors (Lipinski definition) is 7. The van der Waals surface area contributed by atoms with Crippen molar-refractivity contribution in [3.8, 4) is 5.75 Å². The third kappa shape index (κ3) is 4.41. The summed E-state index contributed by atoms with van der Waals surface area (Å²) < 4.78 is 22.4. The molecule has 3 aromatic rings. The van der Waals surface area contributed by atoms with Crippen molar-refractivity contribution in [2.45, 2.75) is 45.1 Å². The molecular weight excluding hydrogens is 446 g/mol. The van der Waals surface area contributed by atoms with E-state index in [1.54, 1.807) is 13.4 Å². The summed E-state index contributed by atoms with van der Waals surface area (Å²) in [5.41, 5.74) is 3.23. The van der Waals surface area contributed by atoms with E-state index in [0.717, 1.165) is 22.8 Å². The molecule has 0 saturated heterocycles. The molecule has 0 spiro atoms. The van der Waals surface area contributed by atoms with Crippen LogP contribution in [0.1, 0.15) is 54.4 Å². The molecule has 1 N–H and O–H groups in total. The third-order valence-corrected chi connectivity index (χ3v) is 6.57. The number of furan rings is 2. The van der Waals surface area contributed by atoms with Crippen LogP contribution in [0.5, 0.6) is 5.75 Å². The van der Waals surface area contributed by atoms with E-state index in [4.69, 9.17) is 18.3 Å². The van der Waals surface area contributed by atoms with E-state index in [0.29, 0.717) is 41.2 Å². The Morgan fingerprint density at radius 2 is 1.86 bits per heavy atom. The quantitative estimate of drug-likeness (QED) is 0.486. The molecule has 0 saturated carbocycles. The predicted molar refractivity (Wildman–Crippen MR) is 128 cm³/mol. The zero-order valence-corrected chi connectivity index (χ0v) is 19.9. The second-order valence-electron chi connectivity index (χ2n) is 8.91. The molecule has 1 aromatic carbocycles. The summed E-state index contributed by atoms with van der Waals surface area (Å²) in [7, 11) is 1.60. The van der Waals surface area contributed by atoms with E-state index in [2.05, 4.69) is 5.32 Å². The van der Waals surface area contributed by atoms with E-state index in [-0.39, 0.29) is 18.3 Å². The standard InChI is InChI=1S/C28H27NO6/c1-16-6-11-24(35-16)27-25(28(31)34-15-18-7-9-20(32-3)10-8-18)17(2)29-21-13-19(14-22(30)26(21)27)23-5-4-12-33-23/h4-12,19,27,29H,13-15H2,1-3H3/t19-,27+/m1/s1. The number of hydrogen-bond donors (Lipinski definition) is 1. The molecule has 2 aliphatic rings. The molecule has 3 heterocycles. The van der Waals surface area contributed by atoms with Gasteiger partial charge in [0.2, 0.25) is 0 Å². The Morgan fingerprint density at radius 3 is 2.51 bits per heavy atom. The molecule has 0 bridgehead atoms. The number of rotatable bonds is 6. The number of Topliss-reactive ketones (excluding diaryl/α,β-unsaturated/α-hetero) is 1. The lowest BCUT2D eigenvalue weighted by molar-refractivity contribution is -0.140. The van der Waals surface area contributed by atoms with E-state index in [1.807, 2.05) is 62.4 Å². The van der Waals surface area contributed by atoms with Gasteiger partial charge in [-0.25, -0.2) is 4.79 Å². The number of methoxy groups -OCH3 is 1. The SMILES string of the molecule is COc1ccc(COC(=O)C2=C(C)NC3=C(C(=O)C[C@H](c4ccco4)C3)[C@H]2c2ccc(C)o2)cc1. The number of ether oxygens (including phenoxy) is 2. The molecule has 1 aliphatic carbocycles. The van der Waals surface area contributed by atoms with Crippen LogP contribution >= 0.6 is 0 Å². The molecule has 0 radical (unpaired) electrons. The molecule has 0 fully saturated rings. The van der Waals surface area contributed by atoms with Gasteiger partial charge in [-0.05, 0) is 62.2 Å². The number of ketones is 1. The number of nitrogens with one attached hydrogen (secondary N) is 1. The first-order chi connectivity index (χ1) is 16.9. The van der Waals surface area contributed by atoms with Gasteiger partial charge in [-0.1, -0.05) is 12.1 Å². The van der Waals surface area contributed by atoms with Gasteiger partial charge in [0, 0.05) is 29.3 Å². The first kappa shape index (κ1) is 22.8. The van der Waals surface area contributed by atoms with E-state index in [9.17, 15) is 9.59 Å². The lowest BCUT2D eigenvalue weighted by Gasteiger charge is -2.35. The van der Waals surface area contributed by atoms with Gasteiger partial charge in [-0.2, -0.15) is 0 Å². The maximum Gasteiger partial charge on any atom is 0.337 e. The average molecular weight is 474 g/mol. The molecule has 1 aliphatic heterocycles. The van der Waals surface area contributed by atoms with Crippen molar-refractivity contribution in [1.82, 2.24) is 5.32 Å². The Kier molecular flexibility index (Phi) is 6.07. The molecule has 180 valence electrons. The van der Waals surface area contributed by atoms with Crippen molar-refractivity contribution in [2.24, 2.45) is 0 Å². The van der Waals surface area contributed by atoms with Crippen LogP contribution in [0, 0.1) is 6.92 Å². The monoisotopic (exact) mass is 473 g/mol. The summed E-state index contributed by atoms with van der Waals surface area (Å²) in [5.74, 6) is 1.56. The molecule has 7 heteroatoms. The zero-order chi connectivity index (χ0) is 24.5. The van der Waals surface area contributed by atoms with Crippen molar-refractivity contribution in [2.75, 3.05) is 7.11 Å². The topological polar surface area (TPSA) is 90.9 Å². The summed E-state index contributed by atoms with van der Waals surface area (Å²) in [4.78, 5) is 26.9. The largest absolute Gasteiger partial charge is 0.497 e. The Balaban J connectivity index is 1.46. The van der Waals surface area contributed by atoms with Crippen LogP contribution in [0.25, 0.3) is 0 Å². The Morgan fingerprint density at radius 1 is 1.06 bits per heavy atom. The molecule has 2 atom stereocenters. The van der Waals surface area contributed by atoms with Crippen molar-refractivity contribution >= 4 is 11.8 Å². The average Bonchev–Trinajstić information content (AvgIpc) is 3.54. The summed E-state index contributed by atoms with van der Waals surface area (Å²) in [6.07, 6.45) is 2.53. The van der Waals surface area contributed by atoms with Crippen molar-refractivity contribution < 1.29 is 27.9 Å². The van der Waals surface area contributed by atoms with Gasteiger partial charge in [0.1, 0.15) is 29.6 Å². The lowest BCUT2D eigenvalue weighted by Crippen LogP contribution is -2.36. The summed E-state index contributed by atoms with van der Waals surface area (Å²) >= 11 is 0. The van der Waals surface area contributed by atoms with Crippen molar-refractivity contribution in [3.05, 3.63) is 100 Å². The molecule has 35 heavy (non-hydrogen) atoms. The normalized spacial score (nSPS) is 19.9. The van der Waals surface area contributed by atoms with Crippen LogP contribution in [-0.2, 0) is 20.9 Å². The minimum Gasteiger partial charge on any atom is -0.497 e. The Hall–Kier alpha value is -4.00. The van der Waals surface area contributed by atoms with Gasteiger partial charge in [0.05, 0.1) is 24.9 Å². The number of aryl methyl sites for hydroxylation is 1. The van der Waals surface area contributed by atoms with Crippen LogP contribution in [0.15, 0.2) is 86.2 Å². The maximum atomic E-state index is 13.5. The fourth-order valence-electron chi connectivity index (χ4n) is 4.88. The first-order valence-electron chi connectivity index (χ1n) is 11.6. The second kappa shape index (κ2) is 9.33. The van der Waals surface area contributed by atoms with E-state index >= 15 is 0 Å². The van der Waals surface area contributed by atoms with Gasteiger partial charge in [0.25, 0.3) is 0 Å². The highest BCUT2D eigenvalue weighted by Gasteiger charge is 2.43. The molecule has 0 amide bonds. The number of dihydropyridines is 1. The fraction of sp³-hybridized carbons (Fsp3) is 0.286. The lowest BCUT2D eigenvalue weighted by atomic mass is 9.74. The van der Waals surface area contributed by atoms with E-state index in [1.165, 1.54) is 0 Å². The summed E-state index contributed by atoms with van der Waals surface area (Å²) in [6.45, 7) is 3.77. The van der Waals surface area contributed by atoms with Crippen LogP contribution in [-0.4, -0.2) is 18.9 Å². The van der Waals surface area contributed by atoms with Crippen molar-refractivity contribution in [1.29, 1.82) is 0 Å². The molecule has 5 rings (SSSR count). The van der Waals surface area contributed by atoms with Gasteiger partial charge < -0.3 is 23.6 Å². The number of carbonyl (C=O) groups is 2. The number of esters is 1. The summed E-state index contributed by atoms with van der Waals surface area (Å²) in [6, 6.07) is 14.7. The van der Waals surface area contributed by atoms with Crippen molar-refractivity contribution in [3.63, 3.8) is 0 Å².